The molecule has 1 aliphatic heterocycles. The van der Waals surface area contributed by atoms with Gasteiger partial charge in [0.15, 0.2) is 0 Å². The van der Waals surface area contributed by atoms with Crippen LogP contribution in [0.25, 0.3) is 0 Å². The van der Waals surface area contributed by atoms with Gasteiger partial charge in [0.05, 0.1) is 5.60 Å². The molecule has 3 rings (SSSR count). The van der Waals surface area contributed by atoms with Crippen LogP contribution in [0.15, 0.2) is 24.3 Å². The number of hydrogen-bond acceptors (Lipinski definition) is 2. The normalized spacial score (nSPS) is 34.3. The number of ether oxygens (including phenoxy) is 1. The Hall–Kier alpha value is -0.860. The molecule has 1 fully saturated rings. The predicted octanol–water partition coefficient (Wildman–Crippen LogP) is 2.49. The summed E-state index contributed by atoms with van der Waals surface area (Å²) in [6.45, 7) is 0.906. The lowest BCUT2D eigenvalue weighted by molar-refractivity contribution is -0.0167. The second-order valence-corrected chi connectivity index (χ2v) is 4.68. The SMILES string of the molecule is NC1CCC2(CCCO2)c2ccccc21. The highest BCUT2D eigenvalue weighted by Gasteiger charge is 2.41. The van der Waals surface area contributed by atoms with Crippen LogP contribution in [0.2, 0.25) is 0 Å². The molecule has 1 aromatic rings. The van der Waals surface area contributed by atoms with Crippen LogP contribution >= 0.6 is 0 Å². The van der Waals surface area contributed by atoms with Crippen molar-refractivity contribution in [3.63, 3.8) is 0 Å². The number of nitrogens with two attached hydrogens (primary N) is 1. The van der Waals surface area contributed by atoms with Crippen LogP contribution in [0.1, 0.15) is 42.9 Å². The molecule has 15 heavy (non-hydrogen) atoms. The van der Waals surface area contributed by atoms with Crippen molar-refractivity contribution < 1.29 is 4.74 Å². The Balaban J connectivity index is 2.11. The maximum Gasteiger partial charge on any atom is 0.0936 e. The Bertz CT molecular complexity index is 369. The van der Waals surface area contributed by atoms with Gasteiger partial charge in [0.1, 0.15) is 0 Å². The minimum Gasteiger partial charge on any atom is -0.370 e. The first-order chi connectivity index (χ1) is 7.32. The van der Waals surface area contributed by atoms with Crippen LogP contribution in [0.3, 0.4) is 0 Å². The van der Waals surface area contributed by atoms with Crippen molar-refractivity contribution in [1.82, 2.24) is 0 Å². The van der Waals surface area contributed by atoms with Gasteiger partial charge in [-0.25, -0.2) is 0 Å². The zero-order valence-corrected chi connectivity index (χ0v) is 8.91. The fourth-order valence-electron chi connectivity index (χ4n) is 3.02. The largest absolute Gasteiger partial charge is 0.370 e. The highest BCUT2D eigenvalue weighted by atomic mass is 16.5. The Morgan fingerprint density at radius 3 is 2.93 bits per heavy atom. The standard InChI is InChI=1S/C13H17NO/c14-12-6-8-13(7-3-9-15-13)11-5-2-1-4-10(11)12/h1-2,4-5,12H,3,6-9,14H2. The minimum atomic E-state index is 0.00641. The van der Waals surface area contributed by atoms with E-state index in [4.69, 9.17) is 10.5 Å². The fourth-order valence-corrected chi connectivity index (χ4v) is 3.02. The Morgan fingerprint density at radius 1 is 1.27 bits per heavy atom. The molecule has 2 atom stereocenters. The van der Waals surface area contributed by atoms with Gasteiger partial charge in [0, 0.05) is 12.6 Å². The van der Waals surface area contributed by atoms with E-state index < -0.39 is 0 Å². The molecule has 2 aliphatic rings. The summed E-state index contributed by atoms with van der Waals surface area (Å²) in [5.41, 5.74) is 8.79. The topological polar surface area (TPSA) is 35.2 Å². The van der Waals surface area contributed by atoms with Crippen LogP contribution in [0.5, 0.6) is 0 Å². The summed E-state index contributed by atoms with van der Waals surface area (Å²) in [5, 5.41) is 0. The first-order valence-corrected chi connectivity index (χ1v) is 5.81. The van der Waals surface area contributed by atoms with Crippen molar-refractivity contribution in [2.45, 2.75) is 37.3 Å². The first kappa shape index (κ1) is 9.37. The van der Waals surface area contributed by atoms with Gasteiger partial charge in [-0.3, -0.25) is 0 Å². The molecule has 1 saturated heterocycles. The fraction of sp³-hybridized carbons (Fsp3) is 0.538. The van der Waals surface area contributed by atoms with Gasteiger partial charge in [-0.2, -0.15) is 0 Å². The molecule has 2 nitrogen and oxygen atoms in total. The first-order valence-electron chi connectivity index (χ1n) is 5.81. The van der Waals surface area contributed by atoms with Crippen molar-refractivity contribution in [2.24, 2.45) is 5.73 Å². The molecule has 0 aromatic heterocycles. The van der Waals surface area contributed by atoms with Crippen molar-refractivity contribution in [3.05, 3.63) is 35.4 Å². The lowest BCUT2D eigenvalue weighted by Crippen LogP contribution is -2.33. The molecule has 0 bridgehead atoms. The third-order valence-corrected chi connectivity index (χ3v) is 3.81. The summed E-state index contributed by atoms with van der Waals surface area (Å²) in [6, 6.07) is 8.73. The van der Waals surface area contributed by atoms with E-state index in [2.05, 4.69) is 24.3 Å². The van der Waals surface area contributed by atoms with Crippen molar-refractivity contribution in [3.8, 4) is 0 Å². The number of benzene rings is 1. The molecule has 80 valence electrons. The predicted molar refractivity (Wildman–Crippen MR) is 59.5 cm³/mol. The summed E-state index contributed by atoms with van der Waals surface area (Å²) in [4.78, 5) is 0. The lowest BCUT2D eigenvalue weighted by Gasteiger charge is -2.37. The van der Waals surface area contributed by atoms with E-state index in [0.29, 0.717) is 0 Å². The van der Waals surface area contributed by atoms with E-state index in [1.807, 2.05) is 0 Å². The molecular weight excluding hydrogens is 186 g/mol. The van der Waals surface area contributed by atoms with Crippen molar-refractivity contribution >= 4 is 0 Å². The van der Waals surface area contributed by atoms with Crippen LogP contribution in [-0.4, -0.2) is 6.61 Å². The Morgan fingerprint density at radius 2 is 2.13 bits per heavy atom. The van der Waals surface area contributed by atoms with E-state index in [-0.39, 0.29) is 11.6 Å². The summed E-state index contributed by atoms with van der Waals surface area (Å²) < 4.78 is 6.00. The highest BCUT2D eigenvalue weighted by Crippen LogP contribution is 2.47. The van der Waals surface area contributed by atoms with Gasteiger partial charge >= 0.3 is 0 Å². The summed E-state index contributed by atoms with van der Waals surface area (Å²) in [7, 11) is 0. The Kier molecular flexibility index (Phi) is 2.08. The second-order valence-electron chi connectivity index (χ2n) is 4.68. The van der Waals surface area contributed by atoms with E-state index in [0.717, 1.165) is 25.9 Å². The van der Waals surface area contributed by atoms with Gasteiger partial charge in [-0.15, -0.1) is 0 Å². The third kappa shape index (κ3) is 1.32. The van der Waals surface area contributed by atoms with Crippen LogP contribution in [0, 0.1) is 0 Å². The van der Waals surface area contributed by atoms with E-state index >= 15 is 0 Å². The average Bonchev–Trinajstić information content (AvgIpc) is 2.74. The molecule has 2 N–H and O–H groups in total. The molecule has 0 saturated carbocycles. The molecule has 2 unspecified atom stereocenters. The van der Waals surface area contributed by atoms with Crippen molar-refractivity contribution in [1.29, 1.82) is 0 Å². The zero-order chi connectivity index (χ0) is 10.3. The minimum absolute atomic E-state index is 0.00641. The average molecular weight is 203 g/mol. The lowest BCUT2D eigenvalue weighted by atomic mass is 9.75. The van der Waals surface area contributed by atoms with E-state index in [1.165, 1.54) is 17.5 Å². The van der Waals surface area contributed by atoms with E-state index in [9.17, 15) is 0 Å². The van der Waals surface area contributed by atoms with Gasteiger partial charge in [-0.1, -0.05) is 24.3 Å². The maximum absolute atomic E-state index is 6.14. The third-order valence-electron chi connectivity index (χ3n) is 3.81. The van der Waals surface area contributed by atoms with Crippen LogP contribution < -0.4 is 5.73 Å². The highest BCUT2D eigenvalue weighted by molar-refractivity contribution is 5.37. The van der Waals surface area contributed by atoms with Gasteiger partial charge < -0.3 is 10.5 Å². The molecule has 1 aliphatic carbocycles. The summed E-state index contributed by atoms with van der Waals surface area (Å²) >= 11 is 0. The molecular formula is C13H17NO. The molecule has 1 spiro atoms. The summed E-state index contributed by atoms with van der Waals surface area (Å²) in [6.07, 6.45) is 4.49. The second kappa shape index (κ2) is 3.32. The molecule has 1 aromatic carbocycles. The molecule has 2 heteroatoms. The zero-order valence-electron chi connectivity index (χ0n) is 8.91. The van der Waals surface area contributed by atoms with Gasteiger partial charge in [0.2, 0.25) is 0 Å². The molecule has 0 amide bonds. The molecule has 1 heterocycles. The van der Waals surface area contributed by atoms with Gasteiger partial charge in [0.25, 0.3) is 0 Å². The van der Waals surface area contributed by atoms with Crippen molar-refractivity contribution in [2.75, 3.05) is 6.61 Å². The maximum atomic E-state index is 6.14. The van der Waals surface area contributed by atoms with Gasteiger partial charge in [-0.05, 0) is 36.8 Å². The quantitative estimate of drug-likeness (QED) is 0.703. The molecule has 0 radical (unpaired) electrons. The number of hydrogen-bond donors (Lipinski definition) is 1. The summed E-state index contributed by atoms with van der Waals surface area (Å²) in [5.74, 6) is 0. The van der Waals surface area contributed by atoms with Crippen LogP contribution in [0.4, 0.5) is 0 Å². The number of fused-ring (bicyclic) bond motifs is 2. The number of rotatable bonds is 0. The smallest absolute Gasteiger partial charge is 0.0936 e. The Labute approximate surface area is 90.4 Å². The van der Waals surface area contributed by atoms with E-state index in [1.54, 1.807) is 0 Å². The monoisotopic (exact) mass is 203 g/mol. The van der Waals surface area contributed by atoms with Crippen LogP contribution in [-0.2, 0) is 10.3 Å².